The lowest BCUT2D eigenvalue weighted by atomic mass is 9.95. The van der Waals surface area contributed by atoms with Gasteiger partial charge >= 0.3 is 0 Å². The number of rotatable bonds is 4. The van der Waals surface area contributed by atoms with E-state index in [1.165, 1.54) is 5.56 Å². The summed E-state index contributed by atoms with van der Waals surface area (Å²) in [5, 5.41) is 7.09. The van der Waals surface area contributed by atoms with Crippen molar-refractivity contribution in [3.8, 4) is 11.5 Å². The second kappa shape index (κ2) is 6.43. The highest BCUT2D eigenvalue weighted by Crippen LogP contribution is 2.45. The van der Waals surface area contributed by atoms with E-state index in [2.05, 4.69) is 49.2 Å². The van der Waals surface area contributed by atoms with E-state index in [-0.39, 0.29) is 12.3 Å². The molecule has 0 unspecified atom stereocenters. The van der Waals surface area contributed by atoms with Crippen molar-refractivity contribution in [3.63, 3.8) is 0 Å². The van der Waals surface area contributed by atoms with Gasteiger partial charge in [0.2, 0.25) is 0 Å². The average molecular weight is 336 g/mol. The van der Waals surface area contributed by atoms with Crippen LogP contribution in [-0.2, 0) is 0 Å². The van der Waals surface area contributed by atoms with Gasteiger partial charge in [0.25, 0.3) is 0 Å². The maximum Gasteiger partial charge on any atom is 0.190 e. The number of hydrazone groups is 1. The first-order valence-electron chi connectivity index (χ1n) is 9.02. The van der Waals surface area contributed by atoms with E-state index in [0.717, 1.165) is 29.2 Å². The summed E-state index contributed by atoms with van der Waals surface area (Å²) in [4.78, 5) is 0. The normalized spacial score (nSPS) is 21.4. The van der Waals surface area contributed by atoms with Crippen molar-refractivity contribution in [1.29, 1.82) is 0 Å². The molecule has 2 aromatic carbocycles. The molecule has 2 aliphatic heterocycles. The van der Waals surface area contributed by atoms with Gasteiger partial charge in [0.1, 0.15) is 11.5 Å². The van der Waals surface area contributed by atoms with Crippen molar-refractivity contribution < 1.29 is 9.47 Å². The molecule has 0 N–H and O–H groups in total. The molecule has 0 saturated heterocycles. The van der Waals surface area contributed by atoms with Crippen LogP contribution in [0.5, 0.6) is 11.5 Å². The Labute approximate surface area is 149 Å². The lowest BCUT2D eigenvalue weighted by Crippen LogP contribution is -2.43. The van der Waals surface area contributed by atoms with Crippen LogP contribution < -0.4 is 9.47 Å². The summed E-state index contributed by atoms with van der Waals surface area (Å²) >= 11 is 0. The predicted molar refractivity (Wildman–Crippen MR) is 99.0 cm³/mol. The van der Waals surface area contributed by atoms with Gasteiger partial charge in [-0.15, -0.1) is 0 Å². The highest BCUT2D eigenvalue weighted by atomic mass is 16.5. The van der Waals surface area contributed by atoms with Crippen LogP contribution in [0.25, 0.3) is 0 Å². The topological polar surface area (TPSA) is 34.1 Å². The minimum atomic E-state index is -0.0448. The summed E-state index contributed by atoms with van der Waals surface area (Å²) < 4.78 is 12.0. The minimum absolute atomic E-state index is 0.0448. The molecule has 0 spiro atoms. The van der Waals surface area contributed by atoms with E-state index < -0.39 is 0 Å². The van der Waals surface area contributed by atoms with Gasteiger partial charge in [-0.3, -0.25) is 0 Å². The summed E-state index contributed by atoms with van der Waals surface area (Å²) in [6, 6.07) is 16.7. The molecule has 25 heavy (non-hydrogen) atoms. The van der Waals surface area contributed by atoms with E-state index in [1.54, 1.807) is 0 Å². The Balaban J connectivity index is 1.73. The molecule has 0 aliphatic carbocycles. The Morgan fingerprint density at radius 1 is 1.20 bits per heavy atom. The van der Waals surface area contributed by atoms with Crippen LogP contribution in [-0.4, -0.2) is 23.6 Å². The Kier molecular flexibility index (Phi) is 4.12. The van der Waals surface area contributed by atoms with Gasteiger partial charge in [-0.1, -0.05) is 44.2 Å². The van der Waals surface area contributed by atoms with Crippen molar-refractivity contribution in [3.05, 3.63) is 59.7 Å². The third kappa shape index (κ3) is 2.86. The van der Waals surface area contributed by atoms with E-state index in [1.807, 2.05) is 25.1 Å². The number of nitrogens with zero attached hydrogens (tertiary/aromatic N) is 2. The SMILES string of the molecule is CCOc1ccc2c(c1)[C@@H]1CC(c3ccccc3)=NN1[C@H](C(C)C)O2. The molecule has 4 nitrogen and oxygen atoms in total. The quantitative estimate of drug-likeness (QED) is 0.817. The van der Waals surface area contributed by atoms with Crippen LogP contribution in [0.2, 0.25) is 0 Å². The lowest BCUT2D eigenvalue weighted by molar-refractivity contribution is -0.0462. The summed E-state index contributed by atoms with van der Waals surface area (Å²) in [6.45, 7) is 7.02. The summed E-state index contributed by atoms with van der Waals surface area (Å²) in [7, 11) is 0. The van der Waals surface area contributed by atoms with Gasteiger partial charge in [-0.2, -0.15) is 5.10 Å². The monoisotopic (exact) mass is 336 g/mol. The Hall–Kier alpha value is -2.49. The highest BCUT2D eigenvalue weighted by Gasteiger charge is 2.41. The van der Waals surface area contributed by atoms with Crippen LogP contribution in [0.1, 0.15) is 44.4 Å². The zero-order valence-corrected chi connectivity index (χ0v) is 15.0. The van der Waals surface area contributed by atoms with Crippen LogP contribution in [0.15, 0.2) is 53.6 Å². The number of hydrogen-bond acceptors (Lipinski definition) is 4. The number of hydrogen-bond donors (Lipinski definition) is 0. The molecule has 4 rings (SSSR count). The second-order valence-corrected chi connectivity index (χ2v) is 6.90. The van der Waals surface area contributed by atoms with Crippen molar-refractivity contribution in [2.24, 2.45) is 11.0 Å². The Bertz CT molecular complexity index is 786. The first-order chi connectivity index (χ1) is 12.2. The summed E-state index contributed by atoms with van der Waals surface area (Å²) in [5.41, 5.74) is 3.47. The number of fused-ring (bicyclic) bond motifs is 3. The average Bonchev–Trinajstić information content (AvgIpc) is 3.07. The smallest absolute Gasteiger partial charge is 0.190 e. The highest BCUT2D eigenvalue weighted by molar-refractivity contribution is 6.01. The van der Waals surface area contributed by atoms with Gasteiger partial charge in [0.15, 0.2) is 6.23 Å². The summed E-state index contributed by atoms with van der Waals surface area (Å²) in [5.74, 6) is 2.19. The number of benzene rings is 2. The Morgan fingerprint density at radius 2 is 2.00 bits per heavy atom. The van der Waals surface area contributed by atoms with Crippen LogP contribution in [0, 0.1) is 5.92 Å². The van der Waals surface area contributed by atoms with E-state index in [9.17, 15) is 0 Å². The molecule has 130 valence electrons. The number of ether oxygens (including phenoxy) is 2. The molecular formula is C21H24N2O2. The molecule has 0 radical (unpaired) electrons. The minimum Gasteiger partial charge on any atom is -0.494 e. The molecule has 0 amide bonds. The van der Waals surface area contributed by atoms with Gasteiger partial charge in [-0.25, -0.2) is 5.01 Å². The zero-order valence-electron chi connectivity index (χ0n) is 15.0. The molecule has 2 atom stereocenters. The van der Waals surface area contributed by atoms with Gasteiger partial charge in [0, 0.05) is 17.9 Å². The van der Waals surface area contributed by atoms with Gasteiger partial charge < -0.3 is 9.47 Å². The van der Waals surface area contributed by atoms with E-state index in [4.69, 9.17) is 14.6 Å². The zero-order chi connectivity index (χ0) is 17.4. The largest absolute Gasteiger partial charge is 0.494 e. The van der Waals surface area contributed by atoms with E-state index in [0.29, 0.717) is 12.5 Å². The first-order valence-corrected chi connectivity index (χ1v) is 9.02. The molecule has 0 aromatic heterocycles. The van der Waals surface area contributed by atoms with Crippen LogP contribution in [0.3, 0.4) is 0 Å². The van der Waals surface area contributed by atoms with Gasteiger partial charge in [0.05, 0.1) is 18.4 Å². The molecule has 0 bridgehead atoms. The standard InChI is InChI=1S/C21H24N2O2/c1-4-24-16-10-11-20-17(12-16)19-13-18(15-8-6-5-7-9-15)22-23(19)21(25-20)14(2)3/h5-12,14,19,21H,4,13H2,1-3H3/t19-,21-/m0/s1. The lowest BCUT2D eigenvalue weighted by Gasteiger charge is -2.40. The van der Waals surface area contributed by atoms with Crippen LogP contribution >= 0.6 is 0 Å². The molecular weight excluding hydrogens is 312 g/mol. The maximum atomic E-state index is 6.29. The van der Waals surface area contributed by atoms with Crippen molar-refractivity contribution >= 4 is 5.71 Å². The van der Waals surface area contributed by atoms with Crippen LogP contribution in [0.4, 0.5) is 0 Å². The Morgan fingerprint density at radius 3 is 2.72 bits per heavy atom. The maximum absolute atomic E-state index is 6.29. The van der Waals surface area contributed by atoms with Gasteiger partial charge in [-0.05, 0) is 30.7 Å². The fraction of sp³-hybridized carbons (Fsp3) is 0.381. The molecule has 0 saturated carbocycles. The molecule has 4 heteroatoms. The van der Waals surface area contributed by atoms with Crippen molar-refractivity contribution in [1.82, 2.24) is 5.01 Å². The fourth-order valence-corrected chi connectivity index (χ4v) is 3.60. The third-order valence-corrected chi connectivity index (χ3v) is 4.78. The third-order valence-electron chi connectivity index (χ3n) is 4.78. The summed E-state index contributed by atoms with van der Waals surface area (Å²) in [6.07, 6.45) is 0.843. The molecule has 2 aliphatic rings. The van der Waals surface area contributed by atoms with Crippen molar-refractivity contribution in [2.45, 2.75) is 39.5 Å². The first kappa shape index (κ1) is 16.0. The predicted octanol–water partition coefficient (Wildman–Crippen LogP) is 4.61. The molecule has 2 aromatic rings. The van der Waals surface area contributed by atoms with Crippen molar-refractivity contribution in [2.75, 3.05) is 6.61 Å². The van der Waals surface area contributed by atoms with E-state index >= 15 is 0 Å². The molecule has 0 fully saturated rings. The second-order valence-electron chi connectivity index (χ2n) is 6.90. The fourth-order valence-electron chi connectivity index (χ4n) is 3.60. The molecule has 2 heterocycles.